The lowest BCUT2D eigenvalue weighted by Crippen LogP contribution is -2.49. The number of alkyl halides is 1. The van der Waals surface area contributed by atoms with E-state index in [1.165, 1.54) is 6.07 Å². The predicted octanol–water partition coefficient (Wildman–Crippen LogP) is 2.96. The Morgan fingerprint density at radius 1 is 1.47 bits per heavy atom. The fourth-order valence-electron chi connectivity index (χ4n) is 2.04. The van der Waals surface area contributed by atoms with Crippen molar-refractivity contribution in [1.29, 1.82) is 0 Å². The van der Waals surface area contributed by atoms with E-state index in [0.29, 0.717) is 23.7 Å². The van der Waals surface area contributed by atoms with Gasteiger partial charge in [0.2, 0.25) is 0 Å². The lowest BCUT2D eigenvalue weighted by atomic mass is 9.74. The summed E-state index contributed by atoms with van der Waals surface area (Å²) in [6.07, 6.45) is 1.13. The van der Waals surface area contributed by atoms with E-state index in [-0.39, 0.29) is 11.9 Å². The average Bonchev–Trinajstić information content (AvgIpc) is 2.09. The highest BCUT2D eigenvalue weighted by atomic mass is 79.9. The molecule has 1 saturated carbocycles. The molecule has 1 aliphatic rings. The molecule has 82 valence electrons. The van der Waals surface area contributed by atoms with Crippen LogP contribution in [-0.2, 0) is 6.42 Å². The van der Waals surface area contributed by atoms with Crippen LogP contribution in [0.25, 0.3) is 0 Å². The largest absolute Gasteiger partial charge is 0.327 e. The maximum absolute atomic E-state index is 13.9. The van der Waals surface area contributed by atoms with Gasteiger partial charge in [-0.1, -0.05) is 6.07 Å². The average molecular weight is 276 g/mol. The van der Waals surface area contributed by atoms with Crippen LogP contribution in [0.1, 0.15) is 18.4 Å². The molecule has 0 unspecified atom stereocenters. The van der Waals surface area contributed by atoms with Crippen molar-refractivity contribution in [3.8, 4) is 0 Å². The molecular weight excluding hydrogens is 264 g/mol. The van der Waals surface area contributed by atoms with Crippen LogP contribution >= 0.6 is 15.9 Å². The molecular formula is C11H12BrF2N. The molecule has 0 bridgehead atoms. The minimum absolute atomic E-state index is 0.0149. The van der Waals surface area contributed by atoms with Crippen molar-refractivity contribution in [2.75, 3.05) is 0 Å². The van der Waals surface area contributed by atoms with Crippen molar-refractivity contribution in [3.05, 3.63) is 34.1 Å². The molecule has 1 fully saturated rings. The normalized spacial score (nSPS) is 30.0. The van der Waals surface area contributed by atoms with Gasteiger partial charge in [-0.25, -0.2) is 8.78 Å². The summed E-state index contributed by atoms with van der Waals surface area (Å²) in [7, 11) is 0. The molecule has 0 atom stereocenters. The lowest BCUT2D eigenvalue weighted by Gasteiger charge is -2.39. The Hall–Kier alpha value is -0.480. The summed E-state index contributed by atoms with van der Waals surface area (Å²) < 4.78 is 27.2. The molecule has 0 aliphatic heterocycles. The van der Waals surface area contributed by atoms with Gasteiger partial charge in [-0.2, -0.15) is 0 Å². The van der Waals surface area contributed by atoms with E-state index in [2.05, 4.69) is 15.9 Å². The minimum atomic E-state index is -1.18. The lowest BCUT2D eigenvalue weighted by molar-refractivity contribution is 0.0444. The molecule has 1 aliphatic carbocycles. The molecule has 15 heavy (non-hydrogen) atoms. The van der Waals surface area contributed by atoms with Crippen LogP contribution in [-0.4, -0.2) is 11.7 Å². The third kappa shape index (κ3) is 2.37. The Balaban J connectivity index is 2.08. The topological polar surface area (TPSA) is 26.0 Å². The molecule has 0 heterocycles. The molecule has 1 aromatic carbocycles. The quantitative estimate of drug-likeness (QED) is 0.883. The van der Waals surface area contributed by atoms with Crippen LogP contribution in [0.15, 0.2) is 22.7 Å². The highest BCUT2D eigenvalue weighted by molar-refractivity contribution is 9.10. The summed E-state index contributed by atoms with van der Waals surface area (Å²) in [6.45, 7) is 0. The Morgan fingerprint density at radius 2 is 2.13 bits per heavy atom. The predicted molar refractivity (Wildman–Crippen MR) is 58.9 cm³/mol. The number of hydrogen-bond donors (Lipinski definition) is 1. The first-order valence-electron chi connectivity index (χ1n) is 4.87. The summed E-state index contributed by atoms with van der Waals surface area (Å²) in [4.78, 5) is 0. The van der Waals surface area contributed by atoms with Gasteiger partial charge < -0.3 is 5.73 Å². The molecule has 2 rings (SSSR count). The Morgan fingerprint density at radius 3 is 2.67 bits per heavy atom. The highest BCUT2D eigenvalue weighted by Crippen LogP contribution is 2.38. The molecule has 1 aromatic rings. The smallest absolute Gasteiger partial charge is 0.137 e. The molecule has 1 nitrogen and oxygen atoms in total. The van der Waals surface area contributed by atoms with Crippen molar-refractivity contribution >= 4 is 15.9 Å². The summed E-state index contributed by atoms with van der Waals surface area (Å²) in [5.41, 5.74) is 5.17. The fraction of sp³-hybridized carbons (Fsp3) is 0.455. The maximum atomic E-state index is 13.9. The molecule has 2 N–H and O–H groups in total. The van der Waals surface area contributed by atoms with Gasteiger partial charge in [0.25, 0.3) is 0 Å². The first-order valence-corrected chi connectivity index (χ1v) is 5.66. The first-order chi connectivity index (χ1) is 6.98. The van der Waals surface area contributed by atoms with E-state index in [1.54, 1.807) is 12.1 Å². The number of hydrogen-bond acceptors (Lipinski definition) is 1. The number of halogens is 3. The second-order valence-corrected chi connectivity index (χ2v) is 5.10. The van der Waals surface area contributed by atoms with Gasteiger partial charge in [-0.3, -0.25) is 0 Å². The molecule has 0 aromatic heterocycles. The van der Waals surface area contributed by atoms with Gasteiger partial charge in [-0.15, -0.1) is 0 Å². The zero-order chi connectivity index (χ0) is 11.1. The zero-order valence-electron chi connectivity index (χ0n) is 8.14. The van der Waals surface area contributed by atoms with Crippen molar-refractivity contribution < 1.29 is 8.78 Å². The minimum Gasteiger partial charge on any atom is -0.327 e. The van der Waals surface area contributed by atoms with E-state index < -0.39 is 5.67 Å². The van der Waals surface area contributed by atoms with E-state index in [0.717, 1.165) is 5.56 Å². The third-order valence-corrected chi connectivity index (χ3v) is 3.37. The van der Waals surface area contributed by atoms with E-state index in [9.17, 15) is 8.78 Å². The van der Waals surface area contributed by atoms with Gasteiger partial charge in [0.05, 0.1) is 4.47 Å². The summed E-state index contributed by atoms with van der Waals surface area (Å²) in [6, 6.07) is 4.58. The van der Waals surface area contributed by atoms with Gasteiger partial charge in [0.1, 0.15) is 11.5 Å². The van der Waals surface area contributed by atoms with Gasteiger partial charge in [0, 0.05) is 12.5 Å². The van der Waals surface area contributed by atoms with Gasteiger partial charge >= 0.3 is 0 Å². The first kappa shape index (κ1) is 11.0. The second-order valence-electron chi connectivity index (χ2n) is 4.24. The number of nitrogens with two attached hydrogens (primary N) is 1. The van der Waals surface area contributed by atoms with Crippen LogP contribution in [0.5, 0.6) is 0 Å². The monoisotopic (exact) mass is 275 g/mol. The van der Waals surface area contributed by atoms with Crippen molar-refractivity contribution in [1.82, 2.24) is 0 Å². The van der Waals surface area contributed by atoms with Gasteiger partial charge in [0.15, 0.2) is 0 Å². The highest BCUT2D eigenvalue weighted by Gasteiger charge is 2.42. The Kier molecular flexibility index (Phi) is 2.81. The number of benzene rings is 1. The fourth-order valence-corrected chi connectivity index (χ4v) is 2.47. The van der Waals surface area contributed by atoms with Gasteiger partial charge in [-0.05, 0) is 46.5 Å². The summed E-state index contributed by atoms with van der Waals surface area (Å²) in [5.74, 6) is -0.322. The van der Waals surface area contributed by atoms with Crippen LogP contribution in [0, 0.1) is 5.82 Å². The molecule has 0 radical (unpaired) electrons. The molecule has 0 saturated heterocycles. The molecule has 4 heteroatoms. The Labute approximate surface area is 95.8 Å². The van der Waals surface area contributed by atoms with Crippen molar-refractivity contribution in [2.45, 2.75) is 31.0 Å². The second kappa shape index (κ2) is 3.83. The van der Waals surface area contributed by atoms with E-state index in [1.807, 2.05) is 0 Å². The molecule has 0 spiro atoms. The van der Waals surface area contributed by atoms with Crippen LogP contribution in [0.4, 0.5) is 8.78 Å². The van der Waals surface area contributed by atoms with Crippen LogP contribution in [0.3, 0.4) is 0 Å². The third-order valence-electron chi connectivity index (χ3n) is 2.76. The zero-order valence-corrected chi connectivity index (χ0v) is 9.73. The summed E-state index contributed by atoms with van der Waals surface area (Å²) in [5, 5.41) is 0. The van der Waals surface area contributed by atoms with Crippen LogP contribution < -0.4 is 5.73 Å². The molecule has 0 amide bonds. The maximum Gasteiger partial charge on any atom is 0.137 e. The van der Waals surface area contributed by atoms with Crippen molar-refractivity contribution in [3.63, 3.8) is 0 Å². The Bertz CT molecular complexity index is 375. The standard InChI is InChI=1S/C11H12BrF2N/c12-9-3-7(1-2-10(9)13)4-11(14)5-8(15)6-11/h1-3,8H,4-6,15H2. The van der Waals surface area contributed by atoms with Crippen molar-refractivity contribution in [2.24, 2.45) is 5.73 Å². The summed E-state index contributed by atoms with van der Waals surface area (Å²) >= 11 is 3.08. The van der Waals surface area contributed by atoms with E-state index in [4.69, 9.17) is 5.73 Å². The van der Waals surface area contributed by atoms with Crippen LogP contribution in [0.2, 0.25) is 0 Å². The number of rotatable bonds is 2. The van der Waals surface area contributed by atoms with E-state index >= 15 is 0 Å². The SMILES string of the molecule is NC1CC(F)(Cc2ccc(F)c(Br)c2)C1.